The number of fused-ring (bicyclic) bond motifs is 1. The van der Waals surface area contributed by atoms with Gasteiger partial charge in [-0.2, -0.15) is 5.10 Å². The van der Waals surface area contributed by atoms with Crippen LogP contribution in [0.25, 0.3) is 10.9 Å². The van der Waals surface area contributed by atoms with E-state index < -0.39 is 11.4 Å². The molecule has 1 aliphatic carbocycles. The summed E-state index contributed by atoms with van der Waals surface area (Å²) in [5, 5.41) is 16.3. The first-order valence-corrected chi connectivity index (χ1v) is 12.0. The lowest BCUT2D eigenvalue weighted by Gasteiger charge is -2.16. The van der Waals surface area contributed by atoms with Crippen molar-refractivity contribution in [3.05, 3.63) is 70.0 Å². The molecule has 186 valence electrons. The highest BCUT2D eigenvalue weighted by atomic mass is 19.1. The van der Waals surface area contributed by atoms with Crippen molar-refractivity contribution in [2.24, 2.45) is 11.8 Å². The minimum absolute atomic E-state index is 0.00550. The maximum Gasteiger partial charge on any atom is 0.264 e. The number of nitrogen functional groups attached to an aromatic ring is 1. The van der Waals surface area contributed by atoms with Crippen molar-refractivity contribution in [1.82, 2.24) is 29.3 Å². The van der Waals surface area contributed by atoms with Gasteiger partial charge in [0, 0.05) is 24.8 Å². The molecule has 0 amide bonds. The van der Waals surface area contributed by atoms with E-state index >= 15 is 0 Å². The number of benzene rings is 1. The van der Waals surface area contributed by atoms with Gasteiger partial charge in [-0.1, -0.05) is 19.9 Å². The van der Waals surface area contributed by atoms with Crippen molar-refractivity contribution in [3.8, 4) is 0 Å². The van der Waals surface area contributed by atoms with Gasteiger partial charge in [0.05, 0.1) is 29.5 Å². The van der Waals surface area contributed by atoms with Crippen LogP contribution >= 0.6 is 0 Å². The number of halogens is 1. The molecule has 0 atom stereocenters. The average Bonchev–Trinajstić information content (AvgIpc) is 3.54. The molecule has 4 aromatic rings. The normalized spacial score (nSPS) is 13.4. The molecule has 11 heteroatoms. The van der Waals surface area contributed by atoms with Gasteiger partial charge in [0.1, 0.15) is 35.0 Å². The lowest BCUT2D eigenvalue weighted by molar-refractivity contribution is 0.483. The summed E-state index contributed by atoms with van der Waals surface area (Å²) in [4.78, 5) is 26.2. The molecule has 0 bridgehead atoms. The monoisotopic (exact) mass is 489 g/mol. The molecule has 0 unspecified atom stereocenters. The Bertz CT molecular complexity index is 1500. The number of hydrogen-bond acceptors (Lipinski definition) is 8. The topological polar surface area (TPSA) is 140 Å². The van der Waals surface area contributed by atoms with Crippen LogP contribution in [0.15, 0.2) is 41.7 Å². The van der Waals surface area contributed by atoms with Crippen LogP contribution in [-0.4, -0.2) is 35.0 Å². The molecule has 0 aliphatic heterocycles. The first kappa shape index (κ1) is 23.6. The highest BCUT2D eigenvalue weighted by molar-refractivity contribution is 6.15. The summed E-state index contributed by atoms with van der Waals surface area (Å²) in [6, 6.07) is 4.44. The zero-order chi connectivity index (χ0) is 25.4. The Labute approximate surface area is 206 Å². The van der Waals surface area contributed by atoms with Crippen LogP contribution in [0, 0.1) is 23.1 Å². The quantitative estimate of drug-likeness (QED) is 0.307. The van der Waals surface area contributed by atoms with Gasteiger partial charge in [0.25, 0.3) is 5.56 Å². The van der Waals surface area contributed by atoms with E-state index in [0.717, 1.165) is 19.4 Å². The molecule has 0 spiro atoms. The van der Waals surface area contributed by atoms with E-state index in [1.54, 1.807) is 27.7 Å². The predicted octanol–water partition coefficient (Wildman–Crippen LogP) is 3.20. The van der Waals surface area contributed by atoms with Gasteiger partial charge in [0.15, 0.2) is 0 Å². The second kappa shape index (κ2) is 9.48. The molecule has 0 radical (unpaired) electrons. The van der Waals surface area contributed by atoms with Crippen LogP contribution in [0.2, 0.25) is 0 Å². The largest absolute Gasteiger partial charge is 0.383 e. The lowest BCUT2D eigenvalue weighted by Crippen LogP contribution is -2.28. The fourth-order valence-corrected chi connectivity index (χ4v) is 4.20. The van der Waals surface area contributed by atoms with E-state index in [4.69, 9.17) is 11.1 Å². The third kappa shape index (κ3) is 4.68. The summed E-state index contributed by atoms with van der Waals surface area (Å²) in [6.07, 6.45) is 6.79. The van der Waals surface area contributed by atoms with Gasteiger partial charge in [-0.3, -0.25) is 19.5 Å². The number of aromatic nitrogens is 6. The summed E-state index contributed by atoms with van der Waals surface area (Å²) in [5.41, 5.74) is 7.13. The van der Waals surface area contributed by atoms with Crippen molar-refractivity contribution in [2.75, 3.05) is 11.1 Å². The Balaban J connectivity index is 1.48. The number of nitrogens with two attached hydrogens (primary N) is 1. The summed E-state index contributed by atoms with van der Waals surface area (Å²) in [7, 11) is 0. The van der Waals surface area contributed by atoms with Gasteiger partial charge >= 0.3 is 0 Å². The van der Waals surface area contributed by atoms with Crippen LogP contribution in [0.1, 0.15) is 43.6 Å². The molecule has 0 saturated heterocycles. The fourth-order valence-electron chi connectivity index (χ4n) is 4.20. The molecule has 1 fully saturated rings. The Kier molecular flexibility index (Phi) is 6.21. The van der Waals surface area contributed by atoms with Crippen LogP contribution in [0.5, 0.6) is 0 Å². The maximum atomic E-state index is 14.5. The van der Waals surface area contributed by atoms with E-state index in [-0.39, 0.29) is 23.5 Å². The van der Waals surface area contributed by atoms with Gasteiger partial charge in [-0.25, -0.2) is 19.3 Å². The molecule has 1 aromatic carbocycles. The second-order valence-corrected chi connectivity index (χ2v) is 9.58. The van der Waals surface area contributed by atoms with Crippen molar-refractivity contribution in [2.45, 2.75) is 46.3 Å². The van der Waals surface area contributed by atoms with Crippen molar-refractivity contribution >= 4 is 28.3 Å². The van der Waals surface area contributed by atoms with Gasteiger partial charge in [-0.05, 0) is 36.8 Å². The Morgan fingerprint density at radius 1 is 1.31 bits per heavy atom. The molecule has 3 heterocycles. The van der Waals surface area contributed by atoms with E-state index in [1.807, 2.05) is 0 Å². The molecule has 1 saturated carbocycles. The molecule has 4 N–H and O–H groups in total. The van der Waals surface area contributed by atoms with Crippen LogP contribution in [0.3, 0.4) is 0 Å². The standard InChI is InChI=1S/C25H28FN9O/c1-14(2)10-34-12-16(8-32-34)22(27)21-23(28)30-13-31-24(21)29-9-19-33-18-5-3-4-17(26)20(18)25(36)35(19)11-15-6-7-15/h3-5,8,12-15,27H,6-7,9-11H2,1-2H3,(H3,28,29,30,31). The zero-order valence-corrected chi connectivity index (χ0v) is 20.2. The van der Waals surface area contributed by atoms with E-state index in [0.29, 0.717) is 46.7 Å². The number of hydrogen-bond donors (Lipinski definition) is 3. The number of nitrogens with one attached hydrogen (secondary N) is 2. The first-order valence-electron chi connectivity index (χ1n) is 12.0. The summed E-state index contributed by atoms with van der Waals surface area (Å²) >= 11 is 0. The Morgan fingerprint density at radius 3 is 2.86 bits per heavy atom. The van der Waals surface area contributed by atoms with Gasteiger partial charge in [-0.15, -0.1) is 0 Å². The lowest BCUT2D eigenvalue weighted by atomic mass is 10.1. The van der Waals surface area contributed by atoms with Gasteiger partial charge < -0.3 is 11.1 Å². The average molecular weight is 490 g/mol. The summed E-state index contributed by atoms with van der Waals surface area (Å²) in [5.74, 6) is 1.17. The maximum absolute atomic E-state index is 14.5. The summed E-state index contributed by atoms with van der Waals surface area (Å²) < 4.78 is 17.8. The molecule has 3 aromatic heterocycles. The van der Waals surface area contributed by atoms with E-state index in [2.05, 4.69) is 39.2 Å². The summed E-state index contributed by atoms with van der Waals surface area (Å²) in [6.45, 7) is 5.53. The fraction of sp³-hybridized carbons (Fsp3) is 0.360. The van der Waals surface area contributed by atoms with E-state index in [9.17, 15) is 9.18 Å². The van der Waals surface area contributed by atoms with Crippen LogP contribution in [-0.2, 0) is 19.6 Å². The van der Waals surface area contributed by atoms with Crippen LogP contribution in [0.4, 0.5) is 16.0 Å². The minimum atomic E-state index is -0.577. The minimum Gasteiger partial charge on any atom is -0.383 e. The SMILES string of the molecule is CC(C)Cn1cc(C(=N)c2c(N)ncnc2NCc2nc3cccc(F)c3c(=O)n2CC2CC2)cn1. The number of rotatable bonds is 9. The first-order chi connectivity index (χ1) is 17.3. The highest BCUT2D eigenvalue weighted by Crippen LogP contribution is 2.31. The third-order valence-electron chi connectivity index (χ3n) is 6.16. The van der Waals surface area contributed by atoms with E-state index in [1.165, 1.54) is 18.5 Å². The number of nitrogens with zero attached hydrogens (tertiary/aromatic N) is 6. The predicted molar refractivity (Wildman–Crippen MR) is 135 cm³/mol. The van der Waals surface area contributed by atoms with Crippen molar-refractivity contribution in [1.29, 1.82) is 5.41 Å². The Morgan fingerprint density at radius 2 is 2.11 bits per heavy atom. The third-order valence-corrected chi connectivity index (χ3v) is 6.16. The number of anilines is 2. The Hall–Kier alpha value is -4.15. The molecule has 5 rings (SSSR count). The molecule has 10 nitrogen and oxygen atoms in total. The van der Waals surface area contributed by atoms with Crippen molar-refractivity contribution in [3.63, 3.8) is 0 Å². The molecular formula is C25H28FN9O. The zero-order valence-electron chi connectivity index (χ0n) is 20.2. The second-order valence-electron chi connectivity index (χ2n) is 9.58. The van der Waals surface area contributed by atoms with Crippen LogP contribution < -0.4 is 16.6 Å². The van der Waals surface area contributed by atoms with Crippen molar-refractivity contribution < 1.29 is 4.39 Å². The van der Waals surface area contributed by atoms with Gasteiger partial charge in [0.2, 0.25) is 0 Å². The highest BCUT2D eigenvalue weighted by Gasteiger charge is 2.25. The molecule has 36 heavy (non-hydrogen) atoms. The smallest absolute Gasteiger partial charge is 0.264 e. The molecule has 1 aliphatic rings. The molecular weight excluding hydrogens is 461 g/mol.